The minimum absolute atomic E-state index is 0.267. The van der Waals surface area contributed by atoms with Crippen molar-refractivity contribution in [2.24, 2.45) is 5.92 Å². The van der Waals surface area contributed by atoms with Crippen molar-refractivity contribution in [2.75, 3.05) is 31.1 Å². The number of ether oxygens (including phenoxy) is 1. The molecule has 1 N–H and O–H groups in total. The second kappa shape index (κ2) is 6.82. The minimum atomic E-state index is 0.267. The van der Waals surface area contributed by atoms with Crippen LogP contribution < -0.4 is 10.2 Å². The molecular weight excluding hydrogens is 240 g/mol. The number of nitrogens with zero attached hydrogens (tertiary/aromatic N) is 3. The topological polar surface area (TPSA) is 50.3 Å². The molecule has 2 heterocycles. The van der Waals surface area contributed by atoms with E-state index in [1.54, 1.807) is 0 Å². The SMILES string of the molecule is CC(C)CNCc1ccc(N2CCOC(C)C2)nn1. The van der Waals surface area contributed by atoms with Gasteiger partial charge in [-0.2, -0.15) is 5.10 Å². The van der Waals surface area contributed by atoms with Crippen LogP contribution in [0.3, 0.4) is 0 Å². The van der Waals surface area contributed by atoms with Gasteiger partial charge in [0.25, 0.3) is 0 Å². The molecule has 0 amide bonds. The zero-order valence-electron chi connectivity index (χ0n) is 12.1. The van der Waals surface area contributed by atoms with Crippen LogP contribution in [0.5, 0.6) is 0 Å². The van der Waals surface area contributed by atoms with Gasteiger partial charge in [0, 0.05) is 19.6 Å². The second-order valence-electron chi connectivity index (χ2n) is 5.54. The molecule has 1 atom stereocenters. The number of aromatic nitrogens is 2. The molecule has 5 heteroatoms. The number of morpholine rings is 1. The van der Waals surface area contributed by atoms with Crippen LogP contribution >= 0.6 is 0 Å². The maximum absolute atomic E-state index is 5.53. The van der Waals surface area contributed by atoms with Crippen LogP contribution in [0, 0.1) is 5.92 Å². The summed E-state index contributed by atoms with van der Waals surface area (Å²) in [5.74, 6) is 1.60. The Hall–Kier alpha value is -1.20. The first-order chi connectivity index (χ1) is 9.15. The largest absolute Gasteiger partial charge is 0.375 e. The third kappa shape index (κ3) is 4.44. The van der Waals surface area contributed by atoms with Gasteiger partial charge in [0.2, 0.25) is 0 Å². The highest BCUT2D eigenvalue weighted by Crippen LogP contribution is 2.14. The van der Waals surface area contributed by atoms with Gasteiger partial charge in [0.05, 0.1) is 18.4 Å². The number of hydrogen-bond acceptors (Lipinski definition) is 5. The number of nitrogens with one attached hydrogen (secondary N) is 1. The molecule has 1 unspecified atom stereocenters. The summed E-state index contributed by atoms with van der Waals surface area (Å²) < 4.78 is 5.53. The highest BCUT2D eigenvalue weighted by molar-refractivity contribution is 5.37. The van der Waals surface area contributed by atoms with Crippen molar-refractivity contribution in [3.63, 3.8) is 0 Å². The van der Waals surface area contributed by atoms with E-state index < -0.39 is 0 Å². The Morgan fingerprint density at radius 2 is 2.26 bits per heavy atom. The van der Waals surface area contributed by atoms with E-state index >= 15 is 0 Å². The first-order valence-corrected chi connectivity index (χ1v) is 7.05. The smallest absolute Gasteiger partial charge is 0.151 e. The van der Waals surface area contributed by atoms with Gasteiger partial charge in [0.1, 0.15) is 0 Å². The van der Waals surface area contributed by atoms with E-state index in [9.17, 15) is 0 Å². The van der Waals surface area contributed by atoms with Crippen molar-refractivity contribution in [1.82, 2.24) is 15.5 Å². The average Bonchev–Trinajstić information content (AvgIpc) is 2.39. The van der Waals surface area contributed by atoms with Gasteiger partial charge in [-0.3, -0.25) is 0 Å². The van der Waals surface area contributed by atoms with E-state index in [0.717, 1.165) is 44.3 Å². The van der Waals surface area contributed by atoms with Gasteiger partial charge >= 0.3 is 0 Å². The molecule has 1 aromatic rings. The molecule has 0 spiro atoms. The van der Waals surface area contributed by atoms with E-state index in [2.05, 4.69) is 53.3 Å². The monoisotopic (exact) mass is 264 g/mol. The predicted octanol–water partition coefficient (Wildman–Crippen LogP) is 1.45. The fourth-order valence-electron chi connectivity index (χ4n) is 2.13. The Morgan fingerprint density at radius 1 is 1.42 bits per heavy atom. The molecule has 0 radical (unpaired) electrons. The summed E-state index contributed by atoms with van der Waals surface area (Å²) in [4.78, 5) is 2.23. The molecule has 1 aromatic heterocycles. The zero-order chi connectivity index (χ0) is 13.7. The minimum Gasteiger partial charge on any atom is -0.375 e. The number of anilines is 1. The molecule has 19 heavy (non-hydrogen) atoms. The van der Waals surface area contributed by atoms with E-state index in [4.69, 9.17) is 4.74 Å². The molecule has 0 saturated carbocycles. The van der Waals surface area contributed by atoms with Crippen molar-refractivity contribution < 1.29 is 4.74 Å². The Bertz CT molecular complexity index is 380. The number of hydrogen-bond donors (Lipinski definition) is 1. The lowest BCUT2D eigenvalue weighted by Crippen LogP contribution is -2.41. The second-order valence-corrected chi connectivity index (χ2v) is 5.54. The molecule has 0 bridgehead atoms. The summed E-state index contributed by atoms with van der Waals surface area (Å²) in [5, 5.41) is 12.0. The summed E-state index contributed by atoms with van der Waals surface area (Å²) in [5.41, 5.74) is 0.991. The van der Waals surface area contributed by atoms with E-state index in [1.165, 1.54) is 0 Å². The van der Waals surface area contributed by atoms with Crippen LogP contribution in [0.15, 0.2) is 12.1 Å². The van der Waals surface area contributed by atoms with Gasteiger partial charge < -0.3 is 15.0 Å². The summed E-state index contributed by atoms with van der Waals surface area (Å²) >= 11 is 0. The van der Waals surface area contributed by atoms with Crippen LogP contribution in [0.4, 0.5) is 5.82 Å². The Labute approximate surface area is 115 Å². The van der Waals surface area contributed by atoms with Gasteiger partial charge in [-0.15, -0.1) is 5.10 Å². The third-order valence-electron chi connectivity index (χ3n) is 3.13. The molecule has 0 aromatic carbocycles. The average molecular weight is 264 g/mol. The molecule has 2 rings (SSSR count). The van der Waals surface area contributed by atoms with Gasteiger partial charge in [-0.25, -0.2) is 0 Å². The van der Waals surface area contributed by atoms with Crippen LogP contribution in [0.25, 0.3) is 0 Å². The first-order valence-electron chi connectivity index (χ1n) is 7.05. The normalized spacial score (nSPS) is 20.0. The van der Waals surface area contributed by atoms with Crippen LogP contribution in [-0.2, 0) is 11.3 Å². The van der Waals surface area contributed by atoms with E-state index in [-0.39, 0.29) is 6.10 Å². The molecule has 1 fully saturated rings. The predicted molar refractivity (Wildman–Crippen MR) is 76.2 cm³/mol. The van der Waals surface area contributed by atoms with Gasteiger partial charge in [0.15, 0.2) is 5.82 Å². The molecular formula is C14H24N4O. The lowest BCUT2D eigenvalue weighted by molar-refractivity contribution is 0.0529. The Kier molecular flexibility index (Phi) is 5.10. The lowest BCUT2D eigenvalue weighted by Gasteiger charge is -2.31. The highest BCUT2D eigenvalue weighted by atomic mass is 16.5. The van der Waals surface area contributed by atoms with Crippen LogP contribution in [0.2, 0.25) is 0 Å². The van der Waals surface area contributed by atoms with Crippen molar-refractivity contribution in [3.8, 4) is 0 Å². The van der Waals surface area contributed by atoms with Crippen molar-refractivity contribution >= 4 is 5.82 Å². The third-order valence-corrected chi connectivity index (χ3v) is 3.13. The van der Waals surface area contributed by atoms with Crippen molar-refractivity contribution in [3.05, 3.63) is 17.8 Å². The molecule has 1 saturated heterocycles. The van der Waals surface area contributed by atoms with E-state index in [1.807, 2.05) is 0 Å². The fourth-order valence-corrected chi connectivity index (χ4v) is 2.13. The van der Waals surface area contributed by atoms with E-state index in [0.29, 0.717) is 5.92 Å². The molecule has 1 aliphatic heterocycles. The summed E-state index contributed by atoms with van der Waals surface area (Å²) in [6, 6.07) is 4.10. The molecule has 106 valence electrons. The van der Waals surface area contributed by atoms with Crippen molar-refractivity contribution in [1.29, 1.82) is 0 Å². The highest BCUT2D eigenvalue weighted by Gasteiger charge is 2.18. The quantitative estimate of drug-likeness (QED) is 0.872. The maximum Gasteiger partial charge on any atom is 0.151 e. The molecule has 1 aliphatic rings. The standard InChI is InChI=1S/C14H24N4O/c1-11(2)8-15-9-13-4-5-14(17-16-13)18-6-7-19-12(3)10-18/h4-5,11-12,15H,6-10H2,1-3H3. The summed E-state index contributed by atoms with van der Waals surface area (Å²) in [7, 11) is 0. The Morgan fingerprint density at radius 3 is 2.89 bits per heavy atom. The van der Waals surface area contributed by atoms with Gasteiger partial charge in [-0.05, 0) is 31.5 Å². The molecule has 5 nitrogen and oxygen atoms in total. The Balaban J connectivity index is 1.87. The maximum atomic E-state index is 5.53. The summed E-state index contributed by atoms with van der Waals surface area (Å²) in [6.07, 6.45) is 0.267. The van der Waals surface area contributed by atoms with Crippen LogP contribution in [-0.4, -0.2) is 42.5 Å². The first kappa shape index (κ1) is 14.2. The van der Waals surface area contributed by atoms with Crippen molar-refractivity contribution in [2.45, 2.75) is 33.4 Å². The zero-order valence-corrected chi connectivity index (χ0v) is 12.1. The fraction of sp³-hybridized carbons (Fsp3) is 0.714. The van der Waals surface area contributed by atoms with Gasteiger partial charge in [-0.1, -0.05) is 13.8 Å². The molecule has 0 aliphatic carbocycles. The summed E-state index contributed by atoms with van der Waals surface area (Å²) in [6.45, 7) is 10.8. The lowest BCUT2D eigenvalue weighted by atomic mass is 10.2. The number of rotatable bonds is 5. The van der Waals surface area contributed by atoms with Crippen LogP contribution in [0.1, 0.15) is 26.5 Å².